The highest BCUT2D eigenvalue weighted by atomic mass is 16.5. The van der Waals surface area contributed by atoms with Crippen molar-refractivity contribution in [1.82, 2.24) is 9.80 Å². The van der Waals surface area contributed by atoms with E-state index in [2.05, 4.69) is 0 Å². The zero-order valence-electron chi connectivity index (χ0n) is 18.8. The fourth-order valence-corrected chi connectivity index (χ4v) is 5.93. The molecule has 2 bridgehead atoms. The first-order valence-corrected chi connectivity index (χ1v) is 10.6. The highest BCUT2D eigenvalue weighted by Crippen LogP contribution is 2.60. The molecule has 0 N–H and O–H groups in total. The predicted molar refractivity (Wildman–Crippen MR) is 118 cm³/mol. The number of nitrogens with zero attached hydrogens (tertiary/aromatic N) is 2. The number of esters is 2. The normalized spacial score (nSPS) is 30.6. The van der Waals surface area contributed by atoms with Gasteiger partial charge in [0.2, 0.25) is 0 Å². The molecule has 4 rings (SSSR count). The topological polar surface area (TPSA) is 76.1 Å². The van der Waals surface area contributed by atoms with Crippen molar-refractivity contribution >= 4 is 17.7 Å². The third kappa shape index (κ3) is 2.92. The Kier molecular flexibility index (Phi) is 5.65. The average Bonchev–Trinajstić information content (AvgIpc) is 2.81. The van der Waals surface area contributed by atoms with E-state index in [1.54, 1.807) is 0 Å². The number of ether oxygens (including phenoxy) is 2. The van der Waals surface area contributed by atoms with Crippen molar-refractivity contribution in [2.24, 2.45) is 10.8 Å². The van der Waals surface area contributed by atoms with Gasteiger partial charge in [0.15, 0.2) is 16.6 Å². The van der Waals surface area contributed by atoms with Crippen molar-refractivity contribution in [2.75, 3.05) is 41.4 Å². The molecule has 0 unspecified atom stereocenters. The van der Waals surface area contributed by atoms with Gasteiger partial charge in [0.25, 0.3) is 0 Å². The standard InChI is InChI=1S/C25H28N2O5/c1-26-15-24(22(29)31-3)19(17-11-7-5-8-12-17)27(2)20(18-13-9-6-10-14-18)25(16-26,21(24)28)23(30)32-4/h5-14,19-20H,15-16H2,1-4H3/t19-,20+,24-,25+. The van der Waals surface area contributed by atoms with Gasteiger partial charge in [0.05, 0.1) is 26.3 Å². The van der Waals surface area contributed by atoms with Crippen molar-refractivity contribution in [1.29, 1.82) is 0 Å². The molecule has 0 radical (unpaired) electrons. The number of Topliss-reactive ketones (excluding diaryl/α,β-unsaturated/α-hetero) is 1. The lowest BCUT2D eigenvalue weighted by molar-refractivity contribution is -0.202. The minimum absolute atomic E-state index is 0.142. The number of likely N-dealkylation sites (tertiary alicyclic amines) is 2. The summed E-state index contributed by atoms with van der Waals surface area (Å²) in [6.07, 6.45) is 0. The van der Waals surface area contributed by atoms with Crippen LogP contribution in [0.3, 0.4) is 0 Å². The van der Waals surface area contributed by atoms with Gasteiger partial charge >= 0.3 is 11.9 Å². The minimum Gasteiger partial charge on any atom is -0.468 e. The van der Waals surface area contributed by atoms with Crippen LogP contribution in [0.15, 0.2) is 60.7 Å². The fraction of sp³-hybridized carbons (Fsp3) is 0.400. The number of rotatable bonds is 4. The van der Waals surface area contributed by atoms with E-state index in [1.165, 1.54) is 14.2 Å². The van der Waals surface area contributed by atoms with Crippen LogP contribution < -0.4 is 0 Å². The number of carbonyl (C=O) groups excluding carboxylic acids is 3. The Balaban J connectivity index is 2.07. The van der Waals surface area contributed by atoms with Crippen LogP contribution in [0.4, 0.5) is 0 Å². The van der Waals surface area contributed by atoms with E-state index in [0.717, 1.165) is 11.1 Å². The van der Waals surface area contributed by atoms with Gasteiger partial charge in [0, 0.05) is 13.1 Å². The Bertz CT molecular complexity index is 948. The monoisotopic (exact) mass is 436 g/mol. The average molecular weight is 437 g/mol. The van der Waals surface area contributed by atoms with Crippen LogP contribution in [-0.2, 0) is 23.9 Å². The molecule has 0 saturated carbocycles. The smallest absolute Gasteiger partial charge is 0.322 e. The zero-order chi connectivity index (χ0) is 23.1. The minimum atomic E-state index is -1.59. The number of carbonyl (C=O) groups is 3. The molecule has 2 aromatic rings. The number of benzene rings is 2. The third-order valence-electron chi connectivity index (χ3n) is 6.93. The van der Waals surface area contributed by atoms with Crippen LogP contribution in [0.25, 0.3) is 0 Å². The highest BCUT2D eigenvalue weighted by molar-refractivity contribution is 6.17. The third-order valence-corrected chi connectivity index (χ3v) is 6.93. The summed E-state index contributed by atoms with van der Waals surface area (Å²) in [6, 6.07) is 17.7. The number of methoxy groups -OCH3 is 2. The molecule has 7 nitrogen and oxygen atoms in total. The lowest BCUT2D eigenvalue weighted by atomic mass is 9.54. The van der Waals surface area contributed by atoms with Crippen LogP contribution in [0.1, 0.15) is 23.2 Å². The molecule has 7 heteroatoms. The van der Waals surface area contributed by atoms with E-state index in [1.807, 2.05) is 84.6 Å². The molecule has 0 amide bonds. The second kappa shape index (κ2) is 8.15. The van der Waals surface area contributed by atoms with Crippen LogP contribution in [0.2, 0.25) is 0 Å². The Labute approximate surface area is 187 Å². The van der Waals surface area contributed by atoms with E-state index in [4.69, 9.17) is 9.47 Å². The van der Waals surface area contributed by atoms with Crippen molar-refractivity contribution in [2.45, 2.75) is 12.1 Å². The van der Waals surface area contributed by atoms with Gasteiger partial charge in [-0.3, -0.25) is 19.3 Å². The summed E-state index contributed by atoms with van der Waals surface area (Å²) in [5.41, 5.74) is -1.55. The molecule has 0 spiro atoms. The van der Waals surface area contributed by atoms with Crippen molar-refractivity contribution in [3.63, 3.8) is 0 Å². The summed E-state index contributed by atoms with van der Waals surface area (Å²) in [4.78, 5) is 45.2. The van der Waals surface area contributed by atoms with Gasteiger partial charge in [-0.15, -0.1) is 0 Å². The first-order valence-electron chi connectivity index (χ1n) is 10.6. The first-order chi connectivity index (χ1) is 15.3. The molecule has 2 heterocycles. The molecular weight excluding hydrogens is 408 g/mol. The quantitative estimate of drug-likeness (QED) is 0.537. The molecule has 0 aromatic heterocycles. The molecule has 4 atom stereocenters. The number of hydrogen-bond donors (Lipinski definition) is 0. The SMILES string of the molecule is COC(=O)[C@]12CN(C)C[C@](C(=O)OC)(C1=O)[C@@H](c1ccccc1)N(C)[C@H]2c1ccccc1. The largest absolute Gasteiger partial charge is 0.468 e. The molecule has 2 fully saturated rings. The Morgan fingerprint density at radius 3 is 1.50 bits per heavy atom. The number of piperidine rings is 2. The van der Waals surface area contributed by atoms with E-state index >= 15 is 0 Å². The van der Waals surface area contributed by atoms with E-state index < -0.39 is 40.6 Å². The van der Waals surface area contributed by atoms with Crippen LogP contribution >= 0.6 is 0 Å². The molecule has 0 aliphatic carbocycles. The van der Waals surface area contributed by atoms with Crippen molar-refractivity contribution in [3.05, 3.63) is 71.8 Å². The van der Waals surface area contributed by atoms with Crippen molar-refractivity contribution in [3.8, 4) is 0 Å². The predicted octanol–water partition coefficient (Wildman–Crippen LogP) is 2.25. The summed E-state index contributed by atoms with van der Waals surface area (Å²) in [7, 11) is 6.24. The van der Waals surface area contributed by atoms with Crippen LogP contribution in [-0.4, -0.2) is 68.9 Å². The van der Waals surface area contributed by atoms with E-state index in [0.29, 0.717) is 0 Å². The Morgan fingerprint density at radius 2 is 1.16 bits per heavy atom. The maximum atomic E-state index is 14.5. The molecule has 168 valence electrons. The van der Waals surface area contributed by atoms with Crippen LogP contribution in [0.5, 0.6) is 0 Å². The summed E-state index contributed by atoms with van der Waals surface area (Å²) in [5, 5.41) is 0. The molecular formula is C25H28N2O5. The Morgan fingerprint density at radius 1 is 0.781 bits per heavy atom. The van der Waals surface area contributed by atoms with E-state index in [9.17, 15) is 14.4 Å². The molecule has 2 saturated heterocycles. The van der Waals surface area contributed by atoms with Gasteiger partial charge < -0.3 is 14.4 Å². The van der Waals surface area contributed by atoms with Crippen molar-refractivity contribution < 1.29 is 23.9 Å². The number of hydrogen-bond acceptors (Lipinski definition) is 7. The molecule has 32 heavy (non-hydrogen) atoms. The first kappa shape index (κ1) is 22.2. The number of ketones is 1. The van der Waals surface area contributed by atoms with E-state index in [-0.39, 0.29) is 13.1 Å². The fourth-order valence-electron chi connectivity index (χ4n) is 5.93. The lowest BCUT2D eigenvalue weighted by Gasteiger charge is -2.60. The summed E-state index contributed by atoms with van der Waals surface area (Å²) < 4.78 is 10.4. The van der Waals surface area contributed by atoms with Crippen LogP contribution in [0, 0.1) is 10.8 Å². The molecule has 2 aromatic carbocycles. The summed E-state index contributed by atoms with van der Waals surface area (Å²) in [5.74, 6) is -1.73. The summed E-state index contributed by atoms with van der Waals surface area (Å²) >= 11 is 0. The van der Waals surface area contributed by atoms with Gasteiger partial charge in [-0.05, 0) is 25.2 Å². The number of fused-ring (bicyclic) bond motifs is 2. The van der Waals surface area contributed by atoms with Gasteiger partial charge in [-0.1, -0.05) is 60.7 Å². The zero-order valence-corrected chi connectivity index (χ0v) is 18.8. The van der Waals surface area contributed by atoms with Gasteiger partial charge in [0.1, 0.15) is 0 Å². The van der Waals surface area contributed by atoms with Gasteiger partial charge in [-0.25, -0.2) is 0 Å². The second-order valence-corrected chi connectivity index (χ2v) is 8.72. The Hall–Kier alpha value is -3.03. The molecule has 2 aliphatic rings. The maximum absolute atomic E-state index is 14.5. The lowest BCUT2D eigenvalue weighted by Crippen LogP contribution is -2.75. The highest BCUT2D eigenvalue weighted by Gasteiger charge is 2.74. The second-order valence-electron chi connectivity index (χ2n) is 8.72. The maximum Gasteiger partial charge on any atom is 0.322 e. The molecule has 2 aliphatic heterocycles. The van der Waals surface area contributed by atoms with Gasteiger partial charge in [-0.2, -0.15) is 0 Å². The summed E-state index contributed by atoms with van der Waals surface area (Å²) in [6.45, 7) is 0.283.